The molecule has 1 atom stereocenters. The summed E-state index contributed by atoms with van der Waals surface area (Å²) in [6.45, 7) is 7.06. The molecule has 0 radical (unpaired) electrons. The first-order valence-corrected chi connectivity index (χ1v) is 10.0. The van der Waals surface area contributed by atoms with Gasteiger partial charge >= 0.3 is 0 Å². The number of anilines is 2. The summed E-state index contributed by atoms with van der Waals surface area (Å²) in [6.07, 6.45) is 6.24. The lowest BCUT2D eigenvalue weighted by Gasteiger charge is -2.33. The van der Waals surface area contributed by atoms with Crippen LogP contribution in [-0.4, -0.2) is 0 Å². The zero-order valence-electron chi connectivity index (χ0n) is 16.4. The molecule has 1 unspecified atom stereocenters. The van der Waals surface area contributed by atoms with E-state index >= 15 is 0 Å². The van der Waals surface area contributed by atoms with Crippen molar-refractivity contribution in [3.05, 3.63) is 72.3 Å². The van der Waals surface area contributed by atoms with E-state index in [0.29, 0.717) is 0 Å². The fourth-order valence-electron chi connectivity index (χ4n) is 3.95. The third-order valence-corrected chi connectivity index (χ3v) is 5.70. The van der Waals surface area contributed by atoms with E-state index in [1.165, 1.54) is 47.7 Å². The highest BCUT2D eigenvalue weighted by Gasteiger charge is 2.29. The van der Waals surface area contributed by atoms with Gasteiger partial charge in [0.2, 0.25) is 0 Å². The normalized spacial score (nSPS) is 13.5. The highest BCUT2D eigenvalue weighted by molar-refractivity contribution is 5.92. The molecule has 0 spiro atoms. The second-order valence-electron chi connectivity index (χ2n) is 7.57. The number of nitrogens with one attached hydrogen (secondary N) is 1. The van der Waals surface area contributed by atoms with Crippen LogP contribution in [0.2, 0.25) is 0 Å². The van der Waals surface area contributed by atoms with Crippen LogP contribution in [0.15, 0.2) is 66.7 Å². The molecule has 26 heavy (non-hydrogen) atoms. The summed E-state index contributed by atoms with van der Waals surface area (Å²) in [4.78, 5) is 0. The van der Waals surface area contributed by atoms with E-state index in [1.54, 1.807) is 0 Å². The van der Waals surface area contributed by atoms with Gasteiger partial charge in [-0.05, 0) is 52.8 Å². The highest BCUT2D eigenvalue weighted by Crippen LogP contribution is 2.42. The van der Waals surface area contributed by atoms with Crippen molar-refractivity contribution in [3.63, 3.8) is 0 Å². The van der Waals surface area contributed by atoms with E-state index in [2.05, 4.69) is 92.8 Å². The van der Waals surface area contributed by atoms with E-state index in [4.69, 9.17) is 0 Å². The summed E-state index contributed by atoms with van der Waals surface area (Å²) in [5.74, 6) is 0. The maximum atomic E-state index is 3.70. The van der Waals surface area contributed by atoms with Gasteiger partial charge in [-0.25, -0.2) is 0 Å². The molecular formula is C25H31N. The topological polar surface area (TPSA) is 12.0 Å². The fourth-order valence-corrected chi connectivity index (χ4v) is 3.95. The third kappa shape index (κ3) is 3.93. The average Bonchev–Trinajstić information content (AvgIpc) is 2.68. The van der Waals surface area contributed by atoms with Crippen LogP contribution < -0.4 is 5.32 Å². The monoisotopic (exact) mass is 345 g/mol. The molecule has 1 N–H and O–H groups in total. The van der Waals surface area contributed by atoms with Crippen molar-refractivity contribution in [3.8, 4) is 0 Å². The summed E-state index contributed by atoms with van der Waals surface area (Å²) in [7, 11) is 0. The molecule has 0 aliphatic carbocycles. The molecule has 0 saturated heterocycles. The van der Waals surface area contributed by atoms with Crippen LogP contribution >= 0.6 is 0 Å². The van der Waals surface area contributed by atoms with Crippen molar-refractivity contribution in [1.29, 1.82) is 0 Å². The predicted molar refractivity (Wildman–Crippen MR) is 115 cm³/mol. The van der Waals surface area contributed by atoms with Gasteiger partial charge in [0.05, 0.1) is 0 Å². The fraction of sp³-hybridized carbons (Fsp3) is 0.360. The van der Waals surface area contributed by atoms with Crippen LogP contribution in [0, 0.1) is 0 Å². The van der Waals surface area contributed by atoms with Crippen LogP contribution in [0.3, 0.4) is 0 Å². The van der Waals surface area contributed by atoms with Crippen molar-refractivity contribution < 1.29 is 0 Å². The second kappa shape index (κ2) is 8.40. The molecule has 0 heterocycles. The molecule has 3 aromatic rings. The number of hydrogen-bond donors (Lipinski definition) is 1. The first kappa shape index (κ1) is 18.5. The number of para-hydroxylation sites is 1. The minimum atomic E-state index is 0.174. The molecule has 0 aliphatic heterocycles. The van der Waals surface area contributed by atoms with E-state index in [1.807, 2.05) is 0 Å². The Balaban J connectivity index is 2.11. The van der Waals surface area contributed by atoms with Gasteiger partial charge in [0.25, 0.3) is 0 Å². The van der Waals surface area contributed by atoms with Gasteiger partial charge in [-0.3, -0.25) is 0 Å². The Kier molecular flexibility index (Phi) is 5.98. The van der Waals surface area contributed by atoms with Gasteiger partial charge in [0, 0.05) is 11.4 Å². The molecule has 0 saturated carbocycles. The van der Waals surface area contributed by atoms with E-state index in [9.17, 15) is 0 Å². The highest BCUT2D eigenvalue weighted by atomic mass is 14.9. The van der Waals surface area contributed by atoms with Crippen LogP contribution in [0.5, 0.6) is 0 Å². The summed E-state index contributed by atoms with van der Waals surface area (Å²) >= 11 is 0. The van der Waals surface area contributed by atoms with Crippen molar-refractivity contribution in [2.75, 3.05) is 5.32 Å². The minimum Gasteiger partial charge on any atom is -0.355 e. The molecular weight excluding hydrogens is 314 g/mol. The minimum absolute atomic E-state index is 0.174. The number of hydrogen-bond acceptors (Lipinski definition) is 1. The summed E-state index contributed by atoms with van der Waals surface area (Å²) in [5.41, 5.74) is 4.04. The Morgan fingerprint density at radius 3 is 2.27 bits per heavy atom. The standard InChI is InChI=1S/C25H31N/c1-4-6-12-19-25(3,5-2)24-22-16-11-10-13-20(22)17-18-23(24)26-21-14-8-7-9-15-21/h7-11,13-18,26H,4-6,12,19H2,1-3H3. The van der Waals surface area contributed by atoms with Crippen LogP contribution in [0.4, 0.5) is 11.4 Å². The number of fused-ring (bicyclic) bond motifs is 1. The molecule has 0 aliphatic rings. The molecule has 0 fully saturated rings. The Bertz CT molecular complexity index is 837. The number of unbranched alkanes of at least 4 members (excludes halogenated alkanes) is 2. The van der Waals surface area contributed by atoms with Gasteiger partial charge in [-0.15, -0.1) is 0 Å². The lowest BCUT2D eigenvalue weighted by Crippen LogP contribution is -2.23. The molecule has 0 aromatic heterocycles. The SMILES string of the molecule is CCCCCC(C)(CC)c1c(Nc2ccccc2)ccc2ccccc12. The zero-order chi connectivity index (χ0) is 18.4. The maximum absolute atomic E-state index is 3.70. The lowest BCUT2D eigenvalue weighted by atomic mass is 9.73. The van der Waals surface area contributed by atoms with Crippen molar-refractivity contribution in [2.24, 2.45) is 0 Å². The average molecular weight is 346 g/mol. The lowest BCUT2D eigenvalue weighted by molar-refractivity contribution is 0.402. The van der Waals surface area contributed by atoms with Gasteiger partial charge in [0.15, 0.2) is 0 Å². The Morgan fingerprint density at radius 1 is 0.808 bits per heavy atom. The number of rotatable bonds is 8. The second-order valence-corrected chi connectivity index (χ2v) is 7.57. The quantitative estimate of drug-likeness (QED) is 0.410. The van der Waals surface area contributed by atoms with E-state index in [-0.39, 0.29) is 5.41 Å². The van der Waals surface area contributed by atoms with Crippen LogP contribution in [0.25, 0.3) is 10.8 Å². The smallest absolute Gasteiger partial charge is 0.0428 e. The van der Waals surface area contributed by atoms with Gasteiger partial charge in [0.1, 0.15) is 0 Å². The molecule has 1 nitrogen and oxygen atoms in total. The number of benzene rings is 3. The maximum Gasteiger partial charge on any atom is 0.0428 e. The Morgan fingerprint density at radius 2 is 1.54 bits per heavy atom. The Hall–Kier alpha value is -2.28. The molecule has 0 bridgehead atoms. The van der Waals surface area contributed by atoms with E-state index in [0.717, 1.165) is 12.1 Å². The molecule has 1 heteroatoms. The summed E-state index contributed by atoms with van der Waals surface area (Å²) < 4.78 is 0. The first-order chi connectivity index (χ1) is 12.7. The largest absolute Gasteiger partial charge is 0.355 e. The van der Waals surface area contributed by atoms with Crippen molar-refractivity contribution in [1.82, 2.24) is 0 Å². The molecule has 3 aromatic carbocycles. The molecule has 3 rings (SSSR count). The Labute approximate surface area is 158 Å². The van der Waals surface area contributed by atoms with Crippen LogP contribution in [0.1, 0.15) is 58.4 Å². The first-order valence-electron chi connectivity index (χ1n) is 10.0. The summed E-state index contributed by atoms with van der Waals surface area (Å²) in [6, 6.07) is 23.8. The van der Waals surface area contributed by atoms with Crippen molar-refractivity contribution >= 4 is 22.1 Å². The third-order valence-electron chi connectivity index (χ3n) is 5.70. The zero-order valence-corrected chi connectivity index (χ0v) is 16.4. The summed E-state index contributed by atoms with van der Waals surface area (Å²) in [5, 5.41) is 6.41. The molecule has 0 amide bonds. The van der Waals surface area contributed by atoms with Gasteiger partial charge < -0.3 is 5.32 Å². The van der Waals surface area contributed by atoms with Crippen molar-refractivity contribution in [2.45, 2.75) is 58.3 Å². The van der Waals surface area contributed by atoms with Crippen LogP contribution in [-0.2, 0) is 5.41 Å². The van der Waals surface area contributed by atoms with E-state index < -0.39 is 0 Å². The molecule has 136 valence electrons. The predicted octanol–water partition coefficient (Wildman–Crippen LogP) is 7.83. The van der Waals surface area contributed by atoms with Gasteiger partial charge in [-0.2, -0.15) is 0 Å². The van der Waals surface area contributed by atoms with Gasteiger partial charge in [-0.1, -0.05) is 88.6 Å².